The molecule has 1 aliphatic rings. The van der Waals surface area contributed by atoms with Gasteiger partial charge in [0, 0.05) is 13.1 Å². The van der Waals surface area contributed by atoms with E-state index in [2.05, 4.69) is 5.32 Å². The topological polar surface area (TPSA) is 84.9 Å². The molecule has 0 bridgehead atoms. The zero-order chi connectivity index (χ0) is 19.3. The fourth-order valence-electron chi connectivity index (χ4n) is 3.24. The van der Waals surface area contributed by atoms with Crippen LogP contribution < -0.4 is 14.8 Å². The zero-order valence-electron chi connectivity index (χ0n) is 15.8. The second-order valence-electron chi connectivity index (χ2n) is 6.54. The van der Waals surface area contributed by atoms with Crippen molar-refractivity contribution >= 4 is 15.9 Å². The number of rotatable bonds is 7. The molecule has 8 heteroatoms. The van der Waals surface area contributed by atoms with E-state index in [0.29, 0.717) is 37.3 Å². The van der Waals surface area contributed by atoms with Gasteiger partial charge < -0.3 is 14.8 Å². The maximum atomic E-state index is 12.7. The Morgan fingerprint density at radius 3 is 2.58 bits per heavy atom. The van der Waals surface area contributed by atoms with Gasteiger partial charge in [-0.2, -0.15) is 0 Å². The number of hydrogen-bond acceptors (Lipinski definition) is 5. The van der Waals surface area contributed by atoms with Gasteiger partial charge in [0.2, 0.25) is 15.9 Å². The average Bonchev–Trinajstić information content (AvgIpc) is 2.64. The summed E-state index contributed by atoms with van der Waals surface area (Å²) in [5.74, 6) is 0.805. The highest BCUT2D eigenvalue weighted by Gasteiger charge is 2.31. The van der Waals surface area contributed by atoms with Crippen molar-refractivity contribution in [3.05, 3.63) is 23.8 Å². The van der Waals surface area contributed by atoms with Crippen molar-refractivity contribution in [3.63, 3.8) is 0 Å². The summed E-state index contributed by atoms with van der Waals surface area (Å²) in [6.45, 7) is 2.72. The van der Waals surface area contributed by atoms with Crippen LogP contribution in [0.2, 0.25) is 0 Å². The smallest absolute Gasteiger partial charge is 0.224 e. The van der Waals surface area contributed by atoms with Gasteiger partial charge in [0.05, 0.1) is 32.4 Å². The maximum absolute atomic E-state index is 12.7. The number of nitrogens with one attached hydrogen (secondary N) is 1. The number of benzene rings is 1. The molecule has 1 saturated heterocycles. The average molecular weight is 384 g/mol. The molecule has 1 amide bonds. The molecule has 1 heterocycles. The molecule has 146 valence electrons. The summed E-state index contributed by atoms with van der Waals surface area (Å²) in [6.07, 6.45) is 3.29. The van der Waals surface area contributed by atoms with Crippen LogP contribution in [0.3, 0.4) is 0 Å². The molecule has 1 aromatic carbocycles. The number of nitrogens with zero attached hydrogens (tertiary/aromatic N) is 1. The Morgan fingerprint density at radius 1 is 1.31 bits per heavy atom. The maximum Gasteiger partial charge on any atom is 0.224 e. The van der Waals surface area contributed by atoms with Gasteiger partial charge in [-0.15, -0.1) is 0 Å². The summed E-state index contributed by atoms with van der Waals surface area (Å²) in [4.78, 5) is 12.7. The minimum Gasteiger partial charge on any atom is -0.493 e. The molecule has 0 aliphatic carbocycles. The van der Waals surface area contributed by atoms with E-state index in [1.54, 1.807) is 14.2 Å². The van der Waals surface area contributed by atoms with Crippen LogP contribution in [0, 0.1) is 5.92 Å². The Balaban J connectivity index is 2.11. The Bertz CT molecular complexity index is 735. The first-order chi connectivity index (χ1) is 12.3. The highest BCUT2D eigenvalue weighted by Crippen LogP contribution is 2.31. The van der Waals surface area contributed by atoms with Crippen LogP contribution in [0.5, 0.6) is 11.5 Å². The number of sulfonamides is 1. The third-order valence-electron chi connectivity index (χ3n) is 4.76. The lowest BCUT2D eigenvalue weighted by Gasteiger charge is -2.31. The lowest BCUT2D eigenvalue weighted by molar-refractivity contribution is -0.126. The van der Waals surface area contributed by atoms with Crippen LogP contribution in [0.25, 0.3) is 0 Å². The van der Waals surface area contributed by atoms with Gasteiger partial charge in [0.15, 0.2) is 11.5 Å². The zero-order valence-corrected chi connectivity index (χ0v) is 16.6. The van der Waals surface area contributed by atoms with Crippen molar-refractivity contribution in [1.29, 1.82) is 0 Å². The summed E-state index contributed by atoms with van der Waals surface area (Å²) < 4.78 is 35.5. The number of amides is 1. The van der Waals surface area contributed by atoms with E-state index < -0.39 is 10.0 Å². The molecule has 1 aliphatic heterocycles. The van der Waals surface area contributed by atoms with Crippen LogP contribution in [0.15, 0.2) is 18.2 Å². The van der Waals surface area contributed by atoms with Crippen molar-refractivity contribution in [3.8, 4) is 11.5 Å². The van der Waals surface area contributed by atoms with Gasteiger partial charge >= 0.3 is 0 Å². The lowest BCUT2D eigenvalue weighted by atomic mass is 9.97. The number of piperidine rings is 1. The SMILES string of the molecule is CCC(NC(=O)C1CCCN(S(C)(=O)=O)C1)c1ccc(OC)c(OC)c1. The molecule has 1 N–H and O–H groups in total. The molecule has 7 nitrogen and oxygen atoms in total. The summed E-state index contributed by atoms with van der Waals surface area (Å²) in [7, 11) is -0.123. The van der Waals surface area contributed by atoms with Crippen molar-refractivity contribution in [2.45, 2.75) is 32.2 Å². The quantitative estimate of drug-likeness (QED) is 0.777. The van der Waals surface area contributed by atoms with Gasteiger partial charge in [0.25, 0.3) is 0 Å². The predicted octanol–water partition coefficient (Wildman–Crippen LogP) is 1.94. The number of methoxy groups -OCH3 is 2. The molecule has 26 heavy (non-hydrogen) atoms. The minimum absolute atomic E-state index is 0.111. The third-order valence-corrected chi connectivity index (χ3v) is 6.03. The molecule has 0 spiro atoms. The normalized spacial score (nSPS) is 19.6. The first-order valence-corrected chi connectivity index (χ1v) is 10.6. The van der Waals surface area contributed by atoms with E-state index in [-0.39, 0.29) is 24.4 Å². The molecule has 2 unspecified atom stereocenters. The summed E-state index contributed by atoms with van der Waals surface area (Å²) in [5.41, 5.74) is 0.925. The van der Waals surface area contributed by atoms with Crippen molar-refractivity contribution in [1.82, 2.24) is 9.62 Å². The third kappa shape index (κ3) is 4.88. The second-order valence-corrected chi connectivity index (χ2v) is 8.53. The van der Waals surface area contributed by atoms with Gasteiger partial charge in [-0.1, -0.05) is 13.0 Å². The summed E-state index contributed by atoms with van der Waals surface area (Å²) >= 11 is 0. The van der Waals surface area contributed by atoms with Gasteiger partial charge in [-0.05, 0) is 37.0 Å². The van der Waals surface area contributed by atoms with E-state index in [4.69, 9.17) is 9.47 Å². The number of hydrogen-bond donors (Lipinski definition) is 1. The molecule has 1 aromatic rings. The van der Waals surface area contributed by atoms with E-state index >= 15 is 0 Å². The van der Waals surface area contributed by atoms with Crippen LogP contribution in [0.4, 0.5) is 0 Å². The standard InChI is InChI=1S/C18H28N2O5S/c1-5-15(13-8-9-16(24-2)17(11-13)25-3)19-18(21)14-7-6-10-20(12-14)26(4,22)23/h8-9,11,14-15H,5-7,10,12H2,1-4H3,(H,19,21). The molecule has 2 atom stereocenters. The van der Waals surface area contributed by atoms with E-state index in [1.165, 1.54) is 10.6 Å². The first kappa shape index (κ1) is 20.5. The van der Waals surface area contributed by atoms with Gasteiger partial charge in [0.1, 0.15) is 0 Å². The lowest BCUT2D eigenvalue weighted by Crippen LogP contribution is -2.45. The van der Waals surface area contributed by atoms with Crippen molar-refractivity contribution < 1.29 is 22.7 Å². The Kier molecular flexibility index (Phi) is 6.88. The fraction of sp³-hybridized carbons (Fsp3) is 0.611. The van der Waals surface area contributed by atoms with Gasteiger partial charge in [-0.3, -0.25) is 4.79 Å². The fourth-order valence-corrected chi connectivity index (χ4v) is 4.15. The number of carbonyl (C=O) groups excluding carboxylic acids is 1. The Labute approximate surface area is 155 Å². The van der Waals surface area contributed by atoms with E-state index in [9.17, 15) is 13.2 Å². The molecule has 2 rings (SSSR count). The largest absolute Gasteiger partial charge is 0.493 e. The van der Waals surface area contributed by atoms with E-state index in [0.717, 1.165) is 5.56 Å². The number of carbonyl (C=O) groups is 1. The summed E-state index contributed by atoms with van der Waals surface area (Å²) in [6, 6.07) is 5.40. The monoisotopic (exact) mass is 384 g/mol. The molecule has 0 radical (unpaired) electrons. The van der Waals surface area contributed by atoms with Crippen LogP contribution in [-0.2, 0) is 14.8 Å². The molecule has 0 saturated carbocycles. The highest BCUT2D eigenvalue weighted by atomic mass is 32.2. The Morgan fingerprint density at radius 2 is 2.00 bits per heavy atom. The molecular formula is C18H28N2O5S. The minimum atomic E-state index is -3.27. The molecular weight excluding hydrogens is 356 g/mol. The van der Waals surface area contributed by atoms with Crippen LogP contribution >= 0.6 is 0 Å². The first-order valence-electron chi connectivity index (χ1n) is 8.77. The summed E-state index contributed by atoms with van der Waals surface area (Å²) in [5, 5.41) is 3.06. The highest BCUT2D eigenvalue weighted by molar-refractivity contribution is 7.88. The predicted molar refractivity (Wildman–Crippen MR) is 99.9 cm³/mol. The Hall–Kier alpha value is -1.80. The van der Waals surface area contributed by atoms with Crippen molar-refractivity contribution in [2.75, 3.05) is 33.6 Å². The second kappa shape index (κ2) is 8.73. The van der Waals surface area contributed by atoms with Gasteiger partial charge in [-0.25, -0.2) is 12.7 Å². The van der Waals surface area contributed by atoms with E-state index in [1.807, 2.05) is 25.1 Å². The van der Waals surface area contributed by atoms with Crippen molar-refractivity contribution in [2.24, 2.45) is 5.92 Å². The molecule has 1 fully saturated rings. The number of ether oxygens (including phenoxy) is 2. The van der Waals surface area contributed by atoms with Crippen LogP contribution in [-0.4, -0.2) is 52.2 Å². The van der Waals surface area contributed by atoms with Crippen LogP contribution in [0.1, 0.15) is 37.8 Å². The molecule has 0 aromatic heterocycles.